The maximum Gasteiger partial charge on any atom is 0.407 e. The molecular weight excluding hydrogens is 156 g/mol. The van der Waals surface area contributed by atoms with Crippen LogP contribution in [0.4, 0.5) is 4.79 Å². The summed E-state index contributed by atoms with van der Waals surface area (Å²) < 4.78 is 48.3. The Labute approximate surface area is 81.9 Å². The largest absolute Gasteiger partial charge is 0.444 e. The van der Waals surface area contributed by atoms with Crippen molar-refractivity contribution >= 4 is 6.09 Å². The lowest BCUT2D eigenvalue weighted by molar-refractivity contribution is 0.0527. The number of carbonyl (C=O) groups is 1. The molecule has 1 amide bonds. The molecule has 4 nitrogen and oxygen atoms in total. The molecule has 0 aromatic heterocycles. The Kier molecular flexibility index (Phi) is 1.85. The summed E-state index contributed by atoms with van der Waals surface area (Å²) in [6, 6.07) is 0. The van der Waals surface area contributed by atoms with Crippen LogP contribution >= 0.6 is 0 Å². The summed E-state index contributed by atoms with van der Waals surface area (Å²) in [5.74, 6) is 0. The fraction of sp³-hybridized carbons (Fsp3) is 0.875. The molecule has 0 unspecified atom stereocenters. The minimum Gasteiger partial charge on any atom is -0.444 e. The third-order valence-electron chi connectivity index (χ3n) is 0.698. The van der Waals surface area contributed by atoms with Crippen LogP contribution in [0.1, 0.15) is 35.4 Å². The second-order valence-electron chi connectivity index (χ2n) is 3.02. The summed E-state index contributed by atoms with van der Waals surface area (Å²) in [6.45, 7) is -1.32. The molecule has 0 heterocycles. The molecular formula is C8H18N2O2. The Morgan fingerprint density at radius 1 is 1.67 bits per heavy atom. The number of alkyl carbamates (subject to hydrolysis) is 1. The van der Waals surface area contributed by atoms with Gasteiger partial charge in [0.05, 0.1) is 0 Å². The molecule has 12 heavy (non-hydrogen) atoms. The second-order valence-corrected chi connectivity index (χ2v) is 3.02. The highest BCUT2D eigenvalue weighted by atomic mass is 16.6. The Morgan fingerprint density at radius 2 is 2.25 bits per heavy atom. The van der Waals surface area contributed by atoms with Gasteiger partial charge in [0.15, 0.2) is 0 Å². The van der Waals surface area contributed by atoms with Gasteiger partial charge in [-0.15, -0.1) is 0 Å². The second kappa shape index (κ2) is 4.98. The summed E-state index contributed by atoms with van der Waals surface area (Å²) >= 11 is 0. The Balaban J connectivity index is 4.92. The number of nitrogens with two attached hydrogens (primary N) is 1. The van der Waals surface area contributed by atoms with Gasteiger partial charge < -0.3 is 15.8 Å². The van der Waals surface area contributed by atoms with Gasteiger partial charge in [-0.05, 0) is 33.6 Å². The van der Waals surface area contributed by atoms with Gasteiger partial charge in [0, 0.05) is 14.7 Å². The SMILES string of the molecule is [2H]C([2H])(N)C([2H])([2H])C([2H])([2H])NC(=O)OC(C)(C)C. The van der Waals surface area contributed by atoms with Gasteiger partial charge in [-0.3, -0.25) is 0 Å². The molecule has 0 aliphatic rings. The third-order valence-corrected chi connectivity index (χ3v) is 0.698. The molecule has 0 aliphatic heterocycles. The fourth-order valence-corrected chi connectivity index (χ4v) is 0.422. The van der Waals surface area contributed by atoms with Crippen LogP contribution < -0.4 is 11.1 Å². The van der Waals surface area contributed by atoms with E-state index in [0.29, 0.717) is 0 Å². The van der Waals surface area contributed by atoms with E-state index in [1.807, 2.05) is 0 Å². The van der Waals surface area contributed by atoms with Gasteiger partial charge in [-0.2, -0.15) is 0 Å². The van der Waals surface area contributed by atoms with Gasteiger partial charge in [0.1, 0.15) is 5.60 Å². The molecule has 0 fully saturated rings. The maximum atomic E-state index is 11.3. The Bertz CT molecular complexity index is 321. The van der Waals surface area contributed by atoms with Crippen LogP contribution in [0, 0.1) is 0 Å². The zero-order valence-electron chi connectivity index (χ0n) is 13.4. The first-order valence-electron chi connectivity index (χ1n) is 6.40. The predicted octanol–water partition coefficient (Wildman–Crippen LogP) is 0.860. The van der Waals surface area contributed by atoms with Gasteiger partial charge in [0.2, 0.25) is 0 Å². The summed E-state index contributed by atoms with van der Waals surface area (Å²) in [7, 11) is 0. The van der Waals surface area contributed by atoms with Crippen LogP contribution in [-0.4, -0.2) is 24.7 Å². The van der Waals surface area contributed by atoms with Gasteiger partial charge >= 0.3 is 6.09 Å². The van der Waals surface area contributed by atoms with E-state index in [4.69, 9.17) is 18.7 Å². The molecule has 72 valence electrons. The molecule has 0 aliphatic carbocycles. The van der Waals surface area contributed by atoms with Crippen molar-refractivity contribution in [3.8, 4) is 0 Å². The van der Waals surface area contributed by atoms with Gasteiger partial charge in [0.25, 0.3) is 0 Å². The Morgan fingerprint density at radius 3 is 2.67 bits per heavy atom. The first kappa shape index (κ1) is 4.46. The lowest BCUT2D eigenvalue weighted by atomic mass is 10.2. The number of rotatable bonds is 3. The smallest absolute Gasteiger partial charge is 0.407 e. The summed E-state index contributed by atoms with van der Waals surface area (Å²) in [4.78, 5) is 11.3. The molecule has 4 heteroatoms. The normalized spacial score (nSPS) is 22.0. The summed E-state index contributed by atoms with van der Waals surface area (Å²) in [5.41, 5.74) is 4.05. The number of carbonyl (C=O) groups excluding carboxylic acids is 1. The van der Waals surface area contributed by atoms with E-state index in [0.717, 1.165) is 0 Å². The van der Waals surface area contributed by atoms with E-state index in [1.54, 1.807) is 26.1 Å². The van der Waals surface area contributed by atoms with Crippen LogP contribution in [0.25, 0.3) is 0 Å². The van der Waals surface area contributed by atoms with Crippen LogP contribution in [0.3, 0.4) is 0 Å². The first-order valence-corrected chi connectivity index (χ1v) is 3.40. The van der Waals surface area contributed by atoms with Crippen molar-refractivity contribution in [2.75, 3.05) is 13.0 Å². The standard InChI is InChI=1S/C8H18N2O2/c1-8(2,3)12-7(11)10-6-4-5-9/h4-6,9H2,1-3H3,(H,10,11)/i4D2,5D2,6D2. The van der Waals surface area contributed by atoms with E-state index in [1.165, 1.54) is 0 Å². The average Bonchev–Trinajstić information content (AvgIpc) is 1.95. The number of nitrogens with one attached hydrogen (secondary N) is 1. The molecule has 0 radical (unpaired) electrons. The molecule has 0 spiro atoms. The van der Waals surface area contributed by atoms with Crippen molar-refractivity contribution in [2.24, 2.45) is 5.73 Å². The Hall–Kier alpha value is -0.770. The molecule has 0 aromatic rings. The third kappa shape index (κ3) is 7.34. The van der Waals surface area contributed by atoms with Crippen molar-refractivity contribution in [1.82, 2.24) is 5.32 Å². The highest BCUT2D eigenvalue weighted by molar-refractivity contribution is 5.67. The summed E-state index contributed by atoms with van der Waals surface area (Å²) in [6.07, 6.45) is -4.32. The molecule has 0 rings (SSSR count). The van der Waals surface area contributed by atoms with Gasteiger partial charge in [-0.25, -0.2) is 4.79 Å². The highest BCUT2D eigenvalue weighted by Crippen LogP contribution is 2.05. The average molecular weight is 180 g/mol. The molecule has 3 N–H and O–H groups in total. The zero-order chi connectivity index (χ0) is 15.0. The number of ether oxygens (including phenoxy) is 1. The van der Waals surface area contributed by atoms with E-state index < -0.39 is 31.1 Å². The van der Waals surface area contributed by atoms with Crippen molar-refractivity contribution < 1.29 is 17.8 Å². The van der Waals surface area contributed by atoms with Crippen molar-refractivity contribution in [3.05, 3.63) is 0 Å². The first-order chi connectivity index (χ1) is 7.60. The number of amides is 1. The monoisotopic (exact) mass is 180 g/mol. The topological polar surface area (TPSA) is 64.3 Å². The van der Waals surface area contributed by atoms with Crippen molar-refractivity contribution in [3.63, 3.8) is 0 Å². The quantitative estimate of drug-likeness (QED) is 0.677. The number of hydrogen-bond acceptors (Lipinski definition) is 3. The van der Waals surface area contributed by atoms with Crippen LogP contribution in [0.15, 0.2) is 0 Å². The zero-order valence-corrected chi connectivity index (χ0v) is 7.39. The molecule has 0 aromatic carbocycles. The van der Waals surface area contributed by atoms with Crippen LogP contribution in [0.5, 0.6) is 0 Å². The van der Waals surface area contributed by atoms with E-state index in [9.17, 15) is 4.79 Å². The van der Waals surface area contributed by atoms with E-state index in [-0.39, 0.29) is 0 Å². The van der Waals surface area contributed by atoms with Crippen molar-refractivity contribution in [1.29, 1.82) is 0 Å². The lowest BCUT2D eigenvalue weighted by Crippen LogP contribution is -2.33. The minimum atomic E-state index is -3.13. The lowest BCUT2D eigenvalue weighted by Gasteiger charge is -2.19. The molecule has 0 saturated carbocycles. The molecule has 0 bridgehead atoms. The fourth-order valence-electron chi connectivity index (χ4n) is 0.422. The van der Waals surface area contributed by atoms with E-state index >= 15 is 0 Å². The molecule has 0 atom stereocenters. The maximum absolute atomic E-state index is 11.3. The number of hydrogen-bond donors (Lipinski definition) is 2. The van der Waals surface area contributed by atoms with Crippen molar-refractivity contribution in [2.45, 2.75) is 32.7 Å². The van der Waals surface area contributed by atoms with Gasteiger partial charge in [-0.1, -0.05) is 0 Å². The van der Waals surface area contributed by atoms with Crippen LogP contribution in [-0.2, 0) is 4.74 Å². The molecule has 0 saturated heterocycles. The highest BCUT2D eigenvalue weighted by Gasteiger charge is 2.14. The van der Waals surface area contributed by atoms with E-state index in [2.05, 4.69) is 0 Å². The predicted molar refractivity (Wildman–Crippen MR) is 47.9 cm³/mol. The summed E-state index contributed by atoms with van der Waals surface area (Å²) in [5, 5.41) is 1.64. The minimum absolute atomic E-state index is 0.880. The van der Waals surface area contributed by atoms with Crippen LogP contribution in [0.2, 0.25) is 0 Å².